The Morgan fingerprint density at radius 2 is 2.07 bits per heavy atom. The number of aryl methyl sites for hydroxylation is 2. The molecule has 1 aliphatic rings. The highest BCUT2D eigenvalue weighted by atomic mass is 32.1. The molecule has 0 amide bonds. The average Bonchev–Trinajstić information content (AvgIpc) is 3.04. The number of nitrogens with zero attached hydrogens (tertiary/aromatic N) is 2. The number of nitrogens with one attached hydrogen (secondary N) is 1. The van der Waals surface area contributed by atoms with Crippen LogP contribution in [0.5, 0.6) is 5.75 Å². The standard InChI is InChI=1S/C17H18N4OS2.CH2O2/c1-22-12-6-10(18)13(23)7-11(12)21-16-15-9-4-2-3-5-14(9)24-17(15)20-8-19-16;2-1-3/h6-8,23H,2-5,18H2,1H3,(H,19,20,21);1H,(H,2,3). The minimum absolute atomic E-state index is 0.250. The van der Waals surface area contributed by atoms with Crippen LogP contribution in [0.3, 0.4) is 0 Å². The number of benzene rings is 1. The number of rotatable bonds is 3. The maximum Gasteiger partial charge on any atom is 0.290 e. The maximum absolute atomic E-state index is 8.36. The van der Waals surface area contributed by atoms with E-state index in [0.717, 1.165) is 34.6 Å². The molecule has 0 radical (unpaired) electrons. The van der Waals surface area contributed by atoms with Gasteiger partial charge in [0.25, 0.3) is 6.47 Å². The summed E-state index contributed by atoms with van der Waals surface area (Å²) in [6.45, 7) is -0.250. The molecular formula is C18H20N4O3S2. The Morgan fingerprint density at radius 1 is 1.33 bits per heavy atom. The minimum atomic E-state index is -0.250. The Balaban J connectivity index is 0.000000659. The van der Waals surface area contributed by atoms with Crippen molar-refractivity contribution in [2.24, 2.45) is 0 Å². The number of thiophene rings is 1. The van der Waals surface area contributed by atoms with Crippen LogP contribution in [0.2, 0.25) is 0 Å². The number of ether oxygens (including phenoxy) is 1. The van der Waals surface area contributed by atoms with E-state index in [4.69, 9.17) is 20.4 Å². The van der Waals surface area contributed by atoms with Gasteiger partial charge in [-0.25, -0.2) is 9.97 Å². The van der Waals surface area contributed by atoms with E-state index in [-0.39, 0.29) is 6.47 Å². The number of anilines is 3. The molecule has 0 bridgehead atoms. The second kappa shape index (κ2) is 8.45. The van der Waals surface area contributed by atoms with E-state index in [2.05, 4.69) is 27.9 Å². The molecule has 0 spiro atoms. The summed E-state index contributed by atoms with van der Waals surface area (Å²) in [7, 11) is 1.63. The summed E-state index contributed by atoms with van der Waals surface area (Å²) in [4.78, 5) is 20.5. The average molecular weight is 405 g/mol. The normalized spacial score (nSPS) is 12.7. The lowest BCUT2D eigenvalue weighted by Gasteiger charge is -2.15. The molecule has 1 aliphatic carbocycles. The number of nitrogens with two attached hydrogens (primary N) is 1. The van der Waals surface area contributed by atoms with E-state index < -0.39 is 0 Å². The summed E-state index contributed by atoms with van der Waals surface area (Å²) >= 11 is 6.19. The summed E-state index contributed by atoms with van der Waals surface area (Å²) in [5.74, 6) is 1.48. The van der Waals surface area contributed by atoms with Crippen LogP contribution in [0.25, 0.3) is 10.2 Å². The molecule has 3 aromatic rings. The number of hydrogen-bond donors (Lipinski definition) is 4. The van der Waals surface area contributed by atoms with Crippen molar-refractivity contribution in [3.05, 3.63) is 28.9 Å². The topological polar surface area (TPSA) is 110 Å². The molecule has 0 atom stereocenters. The largest absolute Gasteiger partial charge is 0.494 e. The predicted molar refractivity (Wildman–Crippen MR) is 111 cm³/mol. The number of carbonyl (C=O) groups is 1. The molecule has 7 nitrogen and oxygen atoms in total. The number of aromatic nitrogens is 2. The SMILES string of the molecule is COc1cc(N)c(S)cc1Nc1ncnc2sc3c(c12)CCCC3.O=CO. The van der Waals surface area contributed by atoms with E-state index in [9.17, 15) is 0 Å². The zero-order chi connectivity index (χ0) is 19.4. The van der Waals surface area contributed by atoms with Crippen LogP contribution in [0.15, 0.2) is 23.4 Å². The van der Waals surface area contributed by atoms with Crippen molar-refractivity contribution < 1.29 is 14.6 Å². The van der Waals surface area contributed by atoms with Crippen LogP contribution in [-0.4, -0.2) is 28.7 Å². The predicted octanol–water partition coefficient (Wildman–Crippen LogP) is 3.89. The van der Waals surface area contributed by atoms with Gasteiger partial charge in [-0.1, -0.05) is 0 Å². The molecule has 0 saturated heterocycles. The molecule has 0 unspecified atom stereocenters. The maximum atomic E-state index is 8.36. The number of thiol groups is 1. The van der Waals surface area contributed by atoms with Crippen molar-refractivity contribution in [3.63, 3.8) is 0 Å². The number of fused-ring (bicyclic) bond motifs is 3. The summed E-state index contributed by atoms with van der Waals surface area (Å²) in [6.07, 6.45) is 6.32. The Labute approximate surface area is 166 Å². The van der Waals surface area contributed by atoms with E-state index in [1.165, 1.54) is 23.3 Å². The van der Waals surface area contributed by atoms with Gasteiger partial charge in [-0.15, -0.1) is 24.0 Å². The Kier molecular flexibility index (Phi) is 6.02. The van der Waals surface area contributed by atoms with Gasteiger partial charge >= 0.3 is 0 Å². The Morgan fingerprint density at radius 3 is 2.81 bits per heavy atom. The molecule has 0 aliphatic heterocycles. The Bertz CT molecular complexity index is 975. The van der Waals surface area contributed by atoms with Gasteiger partial charge in [0, 0.05) is 21.5 Å². The van der Waals surface area contributed by atoms with Gasteiger partial charge in [-0.05, 0) is 37.3 Å². The van der Waals surface area contributed by atoms with Crippen molar-refractivity contribution in [3.8, 4) is 5.75 Å². The molecule has 1 aromatic carbocycles. The highest BCUT2D eigenvalue weighted by Gasteiger charge is 2.20. The fraction of sp³-hybridized carbons (Fsp3) is 0.278. The highest BCUT2D eigenvalue weighted by molar-refractivity contribution is 7.80. The molecular weight excluding hydrogens is 384 g/mol. The number of hydrogen-bond acceptors (Lipinski definition) is 8. The molecule has 4 N–H and O–H groups in total. The summed E-state index contributed by atoms with van der Waals surface area (Å²) in [6, 6.07) is 3.64. The first-order chi connectivity index (χ1) is 13.1. The second-order valence-electron chi connectivity index (χ2n) is 5.96. The first kappa shape index (κ1) is 19.2. The van der Waals surface area contributed by atoms with Crippen LogP contribution in [0.4, 0.5) is 17.2 Å². The van der Waals surface area contributed by atoms with Crippen molar-refractivity contribution >= 4 is 57.8 Å². The lowest BCUT2D eigenvalue weighted by atomic mass is 9.97. The van der Waals surface area contributed by atoms with Crippen LogP contribution < -0.4 is 15.8 Å². The Hall–Kier alpha value is -2.52. The molecule has 142 valence electrons. The van der Waals surface area contributed by atoms with Crippen molar-refractivity contribution in [1.29, 1.82) is 0 Å². The van der Waals surface area contributed by atoms with Crippen LogP contribution >= 0.6 is 24.0 Å². The highest BCUT2D eigenvalue weighted by Crippen LogP contribution is 2.40. The third-order valence-electron chi connectivity index (χ3n) is 4.35. The van der Waals surface area contributed by atoms with Crippen molar-refractivity contribution in [1.82, 2.24) is 9.97 Å². The molecule has 2 aromatic heterocycles. The number of methoxy groups -OCH3 is 1. The molecule has 0 saturated carbocycles. The van der Waals surface area contributed by atoms with Gasteiger partial charge in [-0.2, -0.15) is 0 Å². The minimum Gasteiger partial charge on any atom is -0.494 e. The van der Waals surface area contributed by atoms with Crippen LogP contribution in [0, 0.1) is 0 Å². The van der Waals surface area contributed by atoms with Gasteiger partial charge in [0.1, 0.15) is 22.7 Å². The van der Waals surface area contributed by atoms with E-state index in [1.807, 2.05) is 6.07 Å². The fourth-order valence-electron chi connectivity index (χ4n) is 3.16. The van der Waals surface area contributed by atoms with Gasteiger partial charge < -0.3 is 20.9 Å². The fourth-order valence-corrected chi connectivity index (χ4v) is 4.59. The zero-order valence-corrected chi connectivity index (χ0v) is 16.4. The van der Waals surface area contributed by atoms with Crippen molar-refractivity contribution in [2.45, 2.75) is 30.6 Å². The van der Waals surface area contributed by atoms with Gasteiger partial charge in [-0.3, -0.25) is 4.79 Å². The molecule has 2 heterocycles. The molecule has 27 heavy (non-hydrogen) atoms. The zero-order valence-electron chi connectivity index (χ0n) is 14.7. The number of nitrogen functional groups attached to an aromatic ring is 1. The monoisotopic (exact) mass is 404 g/mol. The third-order valence-corrected chi connectivity index (χ3v) is 5.94. The number of carboxylic acid groups (broad SMARTS) is 1. The summed E-state index contributed by atoms with van der Waals surface area (Å²) in [5.41, 5.74) is 8.69. The lowest BCUT2D eigenvalue weighted by Crippen LogP contribution is -2.02. The summed E-state index contributed by atoms with van der Waals surface area (Å²) < 4.78 is 5.44. The second-order valence-corrected chi connectivity index (χ2v) is 7.52. The summed E-state index contributed by atoms with van der Waals surface area (Å²) in [5, 5.41) is 11.4. The van der Waals surface area contributed by atoms with Crippen LogP contribution in [0.1, 0.15) is 23.3 Å². The van der Waals surface area contributed by atoms with Gasteiger partial charge in [0.15, 0.2) is 0 Å². The molecule has 9 heteroatoms. The lowest BCUT2D eigenvalue weighted by molar-refractivity contribution is -0.122. The third kappa shape index (κ3) is 3.93. The quantitative estimate of drug-likeness (QED) is 0.298. The van der Waals surface area contributed by atoms with E-state index in [1.54, 1.807) is 30.8 Å². The van der Waals surface area contributed by atoms with Gasteiger partial charge in [0.05, 0.1) is 18.2 Å². The van der Waals surface area contributed by atoms with Gasteiger partial charge in [0.2, 0.25) is 0 Å². The molecule has 0 fully saturated rings. The van der Waals surface area contributed by atoms with Crippen LogP contribution in [-0.2, 0) is 17.6 Å². The van der Waals surface area contributed by atoms with Crippen molar-refractivity contribution in [2.75, 3.05) is 18.2 Å². The van der Waals surface area contributed by atoms with E-state index >= 15 is 0 Å². The molecule has 4 rings (SSSR count). The first-order valence-corrected chi connectivity index (χ1v) is 9.62. The van der Waals surface area contributed by atoms with E-state index in [0.29, 0.717) is 16.3 Å². The first-order valence-electron chi connectivity index (χ1n) is 8.35. The smallest absolute Gasteiger partial charge is 0.290 e.